The fourth-order valence-corrected chi connectivity index (χ4v) is 6.89. The first-order valence-corrected chi connectivity index (χ1v) is 9.90. The van der Waals surface area contributed by atoms with E-state index in [1.165, 1.54) is 13.0 Å². The molecule has 6 aliphatic rings. The molecular formula is C20H22O9. The van der Waals surface area contributed by atoms with E-state index in [1.807, 2.05) is 6.92 Å². The van der Waals surface area contributed by atoms with E-state index < -0.39 is 76.9 Å². The third kappa shape index (κ3) is 1.74. The number of carbonyl (C=O) groups is 3. The lowest BCUT2D eigenvalue weighted by molar-refractivity contribution is -0.171. The highest BCUT2D eigenvalue weighted by Crippen LogP contribution is 2.75. The van der Waals surface area contributed by atoms with Crippen LogP contribution in [0.2, 0.25) is 0 Å². The smallest absolute Gasteiger partial charge is 0.331 e. The molecule has 0 aromatic rings. The molecule has 4 aliphatic heterocycles. The molecule has 2 saturated carbocycles. The Kier molecular flexibility index (Phi) is 2.98. The van der Waals surface area contributed by atoms with E-state index in [-0.39, 0.29) is 6.10 Å². The Balaban J connectivity index is 1.52. The average molecular weight is 406 g/mol. The summed E-state index contributed by atoms with van der Waals surface area (Å²) in [4.78, 5) is 36.9. The molecule has 5 fully saturated rings. The number of rotatable bonds is 2. The Morgan fingerprint density at radius 2 is 1.90 bits per heavy atom. The first-order valence-electron chi connectivity index (χ1n) is 9.90. The van der Waals surface area contributed by atoms with Crippen molar-refractivity contribution in [2.45, 2.75) is 76.0 Å². The van der Waals surface area contributed by atoms with Crippen LogP contribution < -0.4 is 0 Å². The summed E-state index contributed by atoms with van der Waals surface area (Å²) < 4.78 is 28.7. The maximum atomic E-state index is 12.9. The van der Waals surface area contributed by atoms with Gasteiger partial charge in [0.05, 0.1) is 12.2 Å². The van der Waals surface area contributed by atoms with Crippen LogP contribution in [0.3, 0.4) is 0 Å². The first-order chi connectivity index (χ1) is 13.6. The maximum Gasteiger partial charge on any atom is 0.331 e. The molecule has 1 spiro atoms. The van der Waals surface area contributed by atoms with Crippen LogP contribution in [0, 0.1) is 16.7 Å². The lowest BCUT2D eigenvalue weighted by Crippen LogP contribution is -2.66. The molecule has 0 radical (unpaired) electrons. The van der Waals surface area contributed by atoms with Crippen molar-refractivity contribution in [2.75, 3.05) is 0 Å². The monoisotopic (exact) mass is 406 g/mol. The molecule has 2 aliphatic carbocycles. The molecule has 3 saturated heterocycles. The van der Waals surface area contributed by atoms with E-state index in [0.717, 1.165) is 0 Å². The van der Waals surface area contributed by atoms with E-state index >= 15 is 0 Å². The summed E-state index contributed by atoms with van der Waals surface area (Å²) in [6.07, 6.45) is -3.21. The van der Waals surface area contributed by atoms with E-state index in [1.54, 1.807) is 13.8 Å². The van der Waals surface area contributed by atoms with Crippen LogP contribution in [0.15, 0.2) is 11.6 Å². The normalized spacial score (nSPS) is 56.4. The minimum atomic E-state index is -1.16. The van der Waals surface area contributed by atoms with Crippen molar-refractivity contribution in [1.29, 1.82) is 0 Å². The van der Waals surface area contributed by atoms with Gasteiger partial charge in [-0.3, -0.25) is 9.59 Å². The zero-order valence-electron chi connectivity index (χ0n) is 16.4. The number of ether oxygens (including phenoxy) is 5. The van der Waals surface area contributed by atoms with Crippen LogP contribution in [0.4, 0.5) is 0 Å². The van der Waals surface area contributed by atoms with Gasteiger partial charge in [0.1, 0.15) is 29.8 Å². The van der Waals surface area contributed by atoms with Gasteiger partial charge in [-0.15, -0.1) is 0 Å². The van der Waals surface area contributed by atoms with Gasteiger partial charge in [0.25, 0.3) is 0 Å². The maximum absolute atomic E-state index is 12.9. The number of fused-ring (bicyclic) bond motifs is 4. The van der Waals surface area contributed by atoms with Crippen molar-refractivity contribution in [3.8, 4) is 0 Å². The first kappa shape index (κ1) is 17.9. The second kappa shape index (κ2) is 4.84. The molecule has 29 heavy (non-hydrogen) atoms. The van der Waals surface area contributed by atoms with Crippen LogP contribution in [0.1, 0.15) is 27.7 Å². The summed E-state index contributed by atoms with van der Waals surface area (Å²) in [5.74, 6) is -1.95. The summed E-state index contributed by atoms with van der Waals surface area (Å²) in [6, 6.07) is 0. The molecule has 4 heterocycles. The minimum Gasteiger partial charge on any atom is -0.459 e. The molecule has 0 bridgehead atoms. The van der Waals surface area contributed by atoms with E-state index in [9.17, 15) is 19.5 Å². The zero-order chi connectivity index (χ0) is 20.7. The molecular weight excluding hydrogens is 384 g/mol. The number of cyclic esters (lactones) is 1. The van der Waals surface area contributed by atoms with E-state index in [2.05, 4.69) is 0 Å². The zero-order valence-corrected chi connectivity index (χ0v) is 16.4. The number of hydrogen-bond acceptors (Lipinski definition) is 9. The Morgan fingerprint density at radius 3 is 2.59 bits per heavy atom. The van der Waals surface area contributed by atoms with Crippen molar-refractivity contribution in [3.05, 3.63) is 11.6 Å². The fourth-order valence-electron chi connectivity index (χ4n) is 6.89. The highest BCUT2D eigenvalue weighted by Gasteiger charge is 2.89. The molecule has 1 unspecified atom stereocenters. The number of carbonyl (C=O) groups excluding carboxylic acids is 3. The van der Waals surface area contributed by atoms with Crippen LogP contribution in [0.5, 0.6) is 0 Å². The standard InChI is InChI=1S/C20H22O9/c1-6(25-7(2)21)14-20-8(5-9(22)26-14)18(3)12-10(16(20)29-20)28-17(24)19(12,4)13(23)11-15(18)27-11/h5-6,10-16,23H,1-4H3/t6?,10-,11-,12+,13-,14+,15-,16+,18+,19+,20+/m0/s1. The quantitative estimate of drug-likeness (QED) is 0.372. The highest BCUT2D eigenvalue weighted by atomic mass is 16.7. The summed E-state index contributed by atoms with van der Waals surface area (Å²) >= 11 is 0. The Morgan fingerprint density at radius 1 is 1.17 bits per heavy atom. The highest BCUT2D eigenvalue weighted by molar-refractivity contribution is 5.88. The Bertz CT molecular complexity index is 912. The molecule has 0 aromatic heterocycles. The molecule has 1 N–H and O–H groups in total. The summed E-state index contributed by atoms with van der Waals surface area (Å²) in [5, 5.41) is 10.8. The molecule has 0 amide bonds. The Labute approximate surface area is 166 Å². The minimum absolute atomic E-state index is 0.364. The van der Waals surface area contributed by atoms with Crippen molar-refractivity contribution < 1.29 is 43.2 Å². The predicted octanol–water partition coefficient (Wildman–Crippen LogP) is -0.363. The van der Waals surface area contributed by atoms with Crippen molar-refractivity contribution in [3.63, 3.8) is 0 Å². The van der Waals surface area contributed by atoms with Gasteiger partial charge in [0, 0.05) is 24.3 Å². The van der Waals surface area contributed by atoms with Gasteiger partial charge in [-0.25, -0.2) is 4.79 Å². The SMILES string of the molecule is CC(=O)OC(C)[C@H]1OC(=O)C=C2[C@]3(C)[C@H]4[C@H](OC(=O)[C@@]4(C)[C@@H](O)[C@@H]4O[C@@H]43)[C@H]3O[C@]213. The van der Waals surface area contributed by atoms with Crippen molar-refractivity contribution in [1.82, 2.24) is 0 Å². The number of esters is 3. The number of aliphatic hydroxyl groups excluding tert-OH is 1. The van der Waals surface area contributed by atoms with Crippen LogP contribution >= 0.6 is 0 Å². The third-order valence-corrected chi connectivity index (χ3v) is 8.04. The van der Waals surface area contributed by atoms with Gasteiger partial charge < -0.3 is 28.8 Å². The van der Waals surface area contributed by atoms with Crippen LogP contribution in [-0.4, -0.2) is 71.3 Å². The fraction of sp³-hybridized carbons (Fsp3) is 0.750. The van der Waals surface area contributed by atoms with Crippen molar-refractivity contribution >= 4 is 17.9 Å². The number of hydrogen-bond donors (Lipinski definition) is 1. The van der Waals surface area contributed by atoms with Gasteiger partial charge in [0.2, 0.25) is 0 Å². The van der Waals surface area contributed by atoms with E-state index in [4.69, 9.17) is 23.7 Å². The average Bonchev–Trinajstić information content (AvgIpc) is 3.53. The van der Waals surface area contributed by atoms with Crippen molar-refractivity contribution in [2.24, 2.45) is 16.7 Å². The molecule has 9 nitrogen and oxygen atoms in total. The largest absolute Gasteiger partial charge is 0.459 e. The van der Waals surface area contributed by atoms with E-state index in [0.29, 0.717) is 5.57 Å². The summed E-state index contributed by atoms with van der Waals surface area (Å²) in [7, 11) is 0. The molecule has 11 atom stereocenters. The van der Waals surface area contributed by atoms with Gasteiger partial charge in [-0.1, -0.05) is 6.92 Å². The number of epoxide rings is 2. The number of aliphatic hydroxyl groups is 1. The molecule has 6 rings (SSSR count). The Hall–Kier alpha value is -1.97. The topological polar surface area (TPSA) is 124 Å². The third-order valence-electron chi connectivity index (χ3n) is 8.04. The second-order valence-electron chi connectivity index (χ2n) is 9.44. The summed E-state index contributed by atoms with van der Waals surface area (Å²) in [5.41, 5.74) is -2.28. The molecule has 156 valence electrons. The van der Waals surface area contributed by atoms with Gasteiger partial charge in [-0.2, -0.15) is 0 Å². The summed E-state index contributed by atoms with van der Waals surface area (Å²) in [6.45, 7) is 6.58. The lowest BCUT2D eigenvalue weighted by Gasteiger charge is -2.53. The molecule has 0 aromatic carbocycles. The van der Waals surface area contributed by atoms with Gasteiger partial charge >= 0.3 is 17.9 Å². The predicted molar refractivity (Wildman–Crippen MR) is 91.0 cm³/mol. The second-order valence-corrected chi connectivity index (χ2v) is 9.44. The lowest BCUT2D eigenvalue weighted by atomic mass is 9.46. The van der Waals surface area contributed by atoms with Gasteiger partial charge in [-0.05, 0) is 19.4 Å². The van der Waals surface area contributed by atoms with Crippen LogP contribution in [0.25, 0.3) is 0 Å². The van der Waals surface area contributed by atoms with Gasteiger partial charge in [0.15, 0.2) is 11.7 Å². The molecule has 9 heteroatoms. The van der Waals surface area contributed by atoms with Crippen LogP contribution in [-0.2, 0) is 38.1 Å².